The zero-order valence-corrected chi connectivity index (χ0v) is 16.4. The van der Waals surface area contributed by atoms with Gasteiger partial charge in [-0.3, -0.25) is 9.78 Å². The van der Waals surface area contributed by atoms with Gasteiger partial charge in [0.05, 0.1) is 31.3 Å². The van der Waals surface area contributed by atoms with Crippen LogP contribution >= 0.6 is 0 Å². The van der Waals surface area contributed by atoms with Crippen LogP contribution in [0.4, 0.5) is 0 Å². The molecule has 0 bridgehead atoms. The molecule has 5 heteroatoms. The van der Waals surface area contributed by atoms with Gasteiger partial charge in [-0.25, -0.2) is 0 Å². The van der Waals surface area contributed by atoms with Crippen LogP contribution in [0.2, 0.25) is 0 Å². The van der Waals surface area contributed by atoms with Crippen molar-refractivity contribution in [3.8, 4) is 11.5 Å². The summed E-state index contributed by atoms with van der Waals surface area (Å²) in [5.74, 6) is 1.58. The van der Waals surface area contributed by atoms with Gasteiger partial charge in [0.25, 0.3) is 5.91 Å². The van der Waals surface area contributed by atoms with E-state index in [2.05, 4.69) is 4.98 Å². The number of aromatic nitrogens is 1. The third-order valence-corrected chi connectivity index (χ3v) is 5.38. The van der Waals surface area contributed by atoms with Crippen LogP contribution in [0.1, 0.15) is 40.5 Å². The third-order valence-electron chi connectivity index (χ3n) is 5.38. The molecular weight excluding hydrogens is 352 g/mol. The molecule has 1 aromatic heterocycles. The molecule has 1 fully saturated rings. The summed E-state index contributed by atoms with van der Waals surface area (Å²) in [5.41, 5.74) is 3.39. The number of nitrogens with zero attached hydrogens (tertiary/aromatic N) is 2. The lowest BCUT2D eigenvalue weighted by Gasteiger charge is -2.27. The number of hydrogen-bond donors (Lipinski definition) is 0. The minimum Gasteiger partial charge on any atom is -0.497 e. The standard InChI is InChI=1S/C23H24N2O3/c1-15-13-18(17-7-4-5-8-20(17)24-15)23(26)25-12-6-9-21(25)19-14-16(27-2)10-11-22(19)28-3/h4-5,7-8,10-11,13-14,21H,6,9,12H2,1-3H3. The van der Waals surface area contributed by atoms with Gasteiger partial charge in [0.1, 0.15) is 11.5 Å². The molecule has 1 atom stereocenters. The Balaban J connectivity index is 1.77. The van der Waals surface area contributed by atoms with E-state index in [4.69, 9.17) is 9.47 Å². The van der Waals surface area contributed by atoms with Gasteiger partial charge in [-0.15, -0.1) is 0 Å². The average molecular weight is 376 g/mol. The largest absolute Gasteiger partial charge is 0.497 e. The zero-order valence-electron chi connectivity index (χ0n) is 16.4. The Hall–Kier alpha value is -3.08. The first-order chi connectivity index (χ1) is 13.6. The number of amides is 1. The Kier molecular flexibility index (Phi) is 4.90. The van der Waals surface area contributed by atoms with Crippen molar-refractivity contribution in [2.45, 2.75) is 25.8 Å². The van der Waals surface area contributed by atoms with E-state index >= 15 is 0 Å². The number of benzene rings is 2. The van der Waals surface area contributed by atoms with Gasteiger partial charge in [0.15, 0.2) is 0 Å². The lowest BCUT2D eigenvalue weighted by atomic mass is 10.0. The number of hydrogen-bond acceptors (Lipinski definition) is 4. The van der Waals surface area contributed by atoms with Crippen molar-refractivity contribution in [2.24, 2.45) is 0 Å². The van der Waals surface area contributed by atoms with Gasteiger partial charge < -0.3 is 14.4 Å². The summed E-state index contributed by atoms with van der Waals surface area (Å²) in [6.07, 6.45) is 1.86. The Morgan fingerprint density at radius 2 is 1.93 bits per heavy atom. The average Bonchev–Trinajstić information content (AvgIpc) is 3.21. The predicted octanol–water partition coefficient (Wildman–Crippen LogP) is 4.54. The molecular formula is C23H24N2O3. The van der Waals surface area contributed by atoms with Gasteiger partial charge in [-0.1, -0.05) is 18.2 Å². The number of ether oxygens (including phenoxy) is 2. The molecule has 1 aliphatic heterocycles. The molecule has 1 unspecified atom stereocenters. The van der Waals surface area contributed by atoms with Crippen molar-refractivity contribution in [2.75, 3.05) is 20.8 Å². The summed E-state index contributed by atoms with van der Waals surface area (Å²) < 4.78 is 11.0. The van der Waals surface area contributed by atoms with Crippen LogP contribution in [0, 0.1) is 6.92 Å². The second kappa shape index (κ2) is 7.50. The molecule has 28 heavy (non-hydrogen) atoms. The van der Waals surface area contributed by atoms with Crippen LogP contribution in [-0.2, 0) is 0 Å². The maximum absolute atomic E-state index is 13.6. The summed E-state index contributed by atoms with van der Waals surface area (Å²) in [4.78, 5) is 20.1. The lowest BCUT2D eigenvalue weighted by Crippen LogP contribution is -2.31. The molecule has 0 saturated carbocycles. The predicted molar refractivity (Wildman–Crippen MR) is 109 cm³/mol. The van der Waals surface area contributed by atoms with Gasteiger partial charge in [0.2, 0.25) is 0 Å². The van der Waals surface area contributed by atoms with Gasteiger partial charge in [0, 0.05) is 23.2 Å². The van der Waals surface area contributed by atoms with Crippen molar-refractivity contribution in [1.29, 1.82) is 0 Å². The first-order valence-electron chi connectivity index (χ1n) is 9.51. The van der Waals surface area contributed by atoms with Gasteiger partial charge in [-0.2, -0.15) is 0 Å². The van der Waals surface area contributed by atoms with Crippen LogP contribution in [0.25, 0.3) is 10.9 Å². The molecule has 0 aliphatic carbocycles. The lowest BCUT2D eigenvalue weighted by molar-refractivity contribution is 0.0736. The highest BCUT2D eigenvalue weighted by Gasteiger charge is 2.33. The Morgan fingerprint density at radius 1 is 1.11 bits per heavy atom. The van der Waals surface area contributed by atoms with Crippen molar-refractivity contribution in [1.82, 2.24) is 9.88 Å². The monoisotopic (exact) mass is 376 g/mol. The molecule has 1 amide bonds. The topological polar surface area (TPSA) is 51.7 Å². The smallest absolute Gasteiger partial charge is 0.255 e. The van der Waals surface area contributed by atoms with E-state index in [0.29, 0.717) is 5.56 Å². The van der Waals surface area contributed by atoms with Crippen LogP contribution in [0.3, 0.4) is 0 Å². The van der Waals surface area contributed by atoms with Crippen LogP contribution in [0.15, 0.2) is 48.5 Å². The summed E-state index contributed by atoms with van der Waals surface area (Å²) in [6.45, 7) is 2.65. The Morgan fingerprint density at radius 3 is 2.71 bits per heavy atom. The zero-order chi connectivity index (χ0) is 19.7. The van der Waals surface area contributed by atoms with Gasteiger partial charge >= 0.3 is 0 Å². The number of para-hydroxylation sites is 1. The van der Waals surface area contributed by atoms with E-state index in [9.17, 15) is 4.79 Å². The molecule has 1 saturated heterocycles. The molecule has 5 nitrogen and oxygen atoms in total. The quantitative estimate of drug-likeness (QED) is 0.671. The molecule has 3 aromatic rings. The van der Waals surface area contributed by atoms with Gasteiger partial charge in [-0.05, 0) is 50.1 Å². The summed E-state index contributed by atoms with van der Waals surface area (Å²) in [7, 11) is 3.31. The second-order valence-electron chi connectivity index (χ2n) is 7.09. The number of rotatable bonds is 4. The van der Waals surface area contributed by atoms with Crippen molar-refractivity contribution in [3.63, 3.8) is 0 Å². The minimum absolute atomic E-state index is 0.0362. The number of aryl methyl sites for hydroxylation is 1. The highest BCUT2D eigenvalue weighted by atomic mass is 16.5. The van der Waals surface area contributed by atoms with Crippen molar-refractivity contribution >= 4 is 16.8 Å². The second-order valence-corrected chi connectivity index (χ2v) is 7.09. The van der Waals surface area contributed by atoms with E-state index in [-0.39, 0.29) is 11.9 Å². The molecule has 4 rings (SSSR count). The molecule has 0 N–H and O–H groups in total. The van der Waals surface area contributed by atoms with E-state index in [0.717, 1.165) is 53.0 Å². The summed E-state index contributed by atoms with van der Waals surface area (Å²) in [6, 6.07) is 15.4. The van der Waals surface area contributed by atoms with Crippen molar-refractivity contribution in [3.05, 3.63) is 65.4 Å². The first kappa shape index (κ1) is 18.3. The van der Waals surface area contributed by atoms with E-state index < -0.39 is 0 Å². The van der Waals surface area contributed by atoms with E-state index in [1.165, 1.54) is 0 Å². The van der Waals surface area contributed by atoms with Crippen LogP contribution in [0.5, 0.6) is 11.5 Å². The molecule has 0 spiro atoms. The molecule has 2 heterocycles. The summed E-state index contributed by atoms with van der Waals surface area (Å²) in [5, 5.41) is 0.890. The molecule has 2 aromatic carbocycles. The third kappa shape index (κ3) is 3.17. The van der Waals surface area contributed by atoms with E-state index in [1.807, 2.05) is 60.4 Å². The highest BCUT2D eigenvalue weighted by Crippen LogP contribution is 2.40. The molecule has 144 valence electrons. The number of likely N-dealkylation sites (tertiary alicyclic amines) is 1. The fourth-order valence-corrected chi connectivity index (χ4v) is 4.07. The Bertz CT molecular complexity index is 1030. The minimum atomic E-state index is -0.0372. The number of methoxy groups -OCH3 is 2. The summed E-state index contributed by atoms with van der Waals surface area (Å²) >= 11 is 0. The maximum Gasteiger partial charge on any atom is 0.255 e. The number of carbonyl (C=O) groups is 1. The molecule has 0 radical (unpaired) electrons. The fraction of sp³-hybridized carbons (Fsp3) is 0.304. The number of fused-ring (bicyclic) bond motifs is 1. The number of carbonyl (C=O) groups excluding carboxylic acids is 1. The first-order valence-corrected chi connectivity index (χ1v) is 9.51. The fourth-order valence-electron chi connectivity index (χ4n) is 4.07. The maximum atomic E-state index is 13.6. The van der Waals surface area contributed by atoms with Crippen LogP contribution < -0.4 is 9.47 Å². The van der Waals surface area contributed by atoms with Crippen molar-refractivity contribution < 1.29 is 14.3 Å². The van der Waals surface area contributed by atoms with E-state index in [1.54, 1.807) is 14.2 Å². The van der Waals surface area contributed by atoms with Crippen LogP contribution in [-0.4, -0.2) is 36.6 Å². The SMILES string of the molecule is COc1ccc(OC)c(C2CCCN2C(=O)c2cc(C)nc3ccccc23)c1. The molecule has 1 aliphatic rings. The Labute approximate surface area is 164 Å². The number of pyridine rings is 1. The normalized spacial score (nSPS) is 16.4. The highest BCUT2D eigenvalue weighted by molar-refractivity contribution is 6.06.